The van der Waals surface area contributed by atoms with E-state index in [4.69, 9.17) is 10.00 Å². The van der Waals surface area contributed by atoms with E-state index in [1.807, 2.05) is 72.5 Å². The third-order valence-corrected chi connectivity index (χ3v) is 9.26. The topological polar surface area (TPSA) is 103 Å². The number of ether oxygens (including phenoxy) is 2. The molecule has 0 saturated carbocycles. The van der Waals surface area contributed by atoms with Crippen LogP contribution in [0.2, 0.25) is 0 Å². The molecule has 0 aromatic heterocycles. The fourth-order valence-electron chi connectivity index (χ4n) is 6.39. The van der Waals surface area contributed by atoms with E-state index in [1.165, 1.54) is 14.2 Å². The number of likely N-dealkylation sites (tertiary alicyclic amines) is 2. The smallest absolute Gasteiger partial charge is 0.312 e. The van der Waals surface area contributed by atoms with Crippen LogP contribution < -0.4 is 4.90 Å². The summed E-state index contributed by atoms with van der Waals surface area (Å²) in [6, 6.07) is 22.2. The first-order valence-corrected chi connectivity index (χ1v) is 16.1. The second-order valence-electron chi connectivity index (χ2n) is 12.3. The van der Waals surface area contributed by atoms with E-state index >= 15 is 0 Å². The van der Waals surface area contributed by atoms with Crippen LogP contribution in [0.3, 0.4) is 0 Å². The van der Waals surface area contributed by atoms with Crippen molar-refractivity contribution in [3.05, 3.63) is 66.2 Å². The summed E-state index contributed by atoms with van der Waals surface area (Å²) in [6.07, 6.45) is 5.56. The van der Waals surface area contributed by atoms with Gasteiger partial charge in [0.05, 0.1) is 32.1 Å². The van der Waals surface area contributed by atoms with Crippen molar-refractivity contribution in [2.45, 2.75) is 70.8 Å². The number of anilines is 1. The molecule has 4 rings (SSSR count). The zero-order chi connectivity index (χ0) is 32.7. The van der Waals surface area contributed by atoms with Gasteiger partial charge in [0.15, 0.2) is 0 Å². The van der Waals surface area contributed by atoms with Crippen LogP contribution in [0, 0.1) is 16.7 Å². The first-order valence-electron chi connectivity index (χ1n) is 16.1. The number of nitrogens with zero attached hydrogens (tertiary/aromatic N) is 4. The van der Waals surface area contributed by atoms with Gasteiger partial charge in [-0.15, -0.1) is 0 Å². The van der Waals surface area contributed by atoms with Crippen molar-refractivity contribution >= 4 is 23.5 Å². The van der Waals surface area contributed by atoms with E-state index in [0.717, 1.165) is 69.7 Å². The van der Waals surface area contributed by atoms with Crippen molar-refractivity contribution in [1.82, 2.24) is 9.80 Å². The van der Waals surface area contributed by atoms with Crippen LogP contribution in [0.25, 0.3) is 0 Å². The molecule has 9 heteroatoms. The standard InChI is InChI=1S/C18H25N3O.C18H25NO4/c1-3-17(22)21(16-8-5-4-6-9-16)18(2)10-14-20(15-11-18)13-7-12-19;1-22-16(20)8-11-19-12-9-18(10-13-19,17(21)23-2)14-15-6-4-3-5-7-15/h4-6,8-9H,3,7,10-11,13-15H2,1-2H3;3-7H,8-14H2,1-2H3. The average molecular weight is 619 g/mol. The minimum absolute atomic E-state index is 0.131. The molecule has 2 saturated heterocycles. The molecule has 0 spiro atoms. The minimum Gasteiger partial charge on any atom is -0.469 e. The SMILES string of the molecule is CCC(=O)N(c1ccccc1)C1(C)CCN(CCC#N)CC1.COC(=O)CCN1CCC(Cc2ccccc2)(C(=O)OC)CC1. The number of carbonyl (C=O) groups is 3. The highest BCUT2D eigenvalue weighted by molar-refractivity contribution is 5.94. The average Bonchev–Trinajstić information content (AvgIpc) is 3.08. The molecule has 2 aliphatic rings. The molecule has 0 atom stereocenters. The molecule has 244 valence electrons. The molecule has 2 aromatic carbocycles. The van der Waals surface area contributed by atoms with Gasteiger partial charge in [-0.3, -0.25) is 14.4 Å². The monoisotopic (exact) mass is 618 g/mol. The highest BCUT2D eigenvalue weighted by Crippen LogP contribution is 2.37. The predicted octanol–water partition coefficient (Wildman–Crippen LogP) is 5.25. The van der Waals surface area contributed by atoms with Gasteiger partial charge >= 0.3 is 11.9 Å². The van der Waals surface area contributed by atoms with Gasteiger partial charge in [-0.25, -0.2) is 0 Å². The van der Waals surface area contributed by atoms with Crippen LogP contribution in [0.15, 0.2) is 60.7 Å². The maximum Gasteiger partial charge on any atom is 0.312 e. The second-order valence-corrected chi connectivity index (χ2v) is 12.3. The number of esters is 2. The number of para-hydroxylation sites is 1. The molecule has 0 N–H and O–H groups in total. The van der Waals surface area contributed by atoms with Gasteiger partial charge in [-0.2, -0.15) is 5.26 Å². The van der Waals surface area contributed by atoms with Crippen LogP contribution in [-0.4, -0.2) is 86.7 Å². The molecular formula is C36H50N4O5. The minimum atomic E-state index is -0.460. The summed E-state index contributed by atoms with van der Waals surface area (Å²) in [5.41, 5.74) is 1.54. The summed E-state index contributed by atoms with van der Waals surface area (Å²) in [4.78, 5) is 42.7. The van der Waals surface area contributed by atoms with Crippen LogP contribution in [0.4, 0.5) is 5.69 Å². The molecule has 0 radical (unpaired) electrons. The van der Waals surface area contributed by atoms with E-state index in [1.54, 1.807) is 0 Å². The van der Waals surface area contributed by atoms with E-state index in [-0.39, 0.29) is 23.4 Å². The first kappa shape index (κ1) is 35.7. The molecule has 0 aliphatic carbocycles. The van der Waals surface area contributed by atoms with Gasteiger partial charge in [0, 0.05) is 50.2 Å². The number of nitriles is 1. The Balaban J connectivity index is 0.000000246. The molecular weight excluding hydrogens is 568 g/mol. The van der Waals surface area contributed by atoms with Crippen molar-refractivity contribution in [1.29, 1.82) is 5.26 Å². The van der Waals surface area contributed by atoms with Gasteiger partial charge in [0.1, 0.15) is 0 Å². The summed E-state index contributed by atoms with van der Waals surface area (Å²) in [7, 11) is 2.86. The highest BCUT2D eigenvalue weighted by atomic mass is 16.5. The van der Waals surface area contributed by atoms with Crippen molar-refractivity contribution in [3.63, 3.8) is 0 Å². The second kappa shape index (κ2) is 17.7. The fourth-order valence-corrected chi connectivity index (χ4v) is 6.39. The van der Waals surface area contributed by atoms with E-state index < -0.39 is 5.41 Å². The number of piperidine rings is 2. The molecule has 9 nitrogen and oxygen atoms in total. The number of rotatable bonds is 11. The Labute approximate surface area is 269 Å². The number of amides is 1. The maximum absolute atomic E-state index is 12.5. The van der Waals surface area contributed by atoms with E-state index in [2.05, 4.69) is 27.5 Å². The summed E-state index contributed by atoms with van der Waals surface area (Å²) >= 11 is 0. The lowest BCUT2D eigenvalue weighted by Crippen LogP contribution is -2.56. The Morgan fingerprint density at radius 1 is 0.844 bits per heavy atom. The molecule has 1 amide bonds. The van der Waals surface area contributed by atoms with Gasteiger partial charge < -0.3 is 24.2 Å². The Bertz CT molecular complexity index is 1250. The van der Waals surface area contributed by atoms with Gasteiger partial charge in [-0.05, 0) is 69.8 Å². The lowest BCUT2D eigenvalue weighted by atomic mass is 9.73. The normalized spacial score (nSPS) is 17.6. The number of hydrogen-bond donors (Lipinski definition) is 0. The van der Waals surface area contributed by atoms with Crippen LogP contribution in [0.5, 0.6) is 0 Å². The van der Waals surface area contributed by atoms with Crippen LogP contribution in [-0.2, 0) is 30.3 Å². The molecule has 0 bridgehead atoms. The third kappa shape index (κ3) is 10.1. The summed E-state index contributed by atoms with van der Waals surface area (Å²) in [5, 5.41) is 8.71. The first-order chi connectivity index (χ1) is 21.7. The molecule has 0 unspecified atom stereocenters. The number of hydrogen-bond acceptors (Lipinski definition) is 8. The Kier molecular flexibility index (Phi) is 14.0. The van der Waals surface area contributed by atoms with Crippen LogP contribution in [0.1, 0.15) is 64.4 Å². The number of benzene rings is 2. The Hall–Kier alpha value is -3.74. The van der Waals surface area contributed by atoms with E-state index in [0.29, 0.717) is 32.2 Å². The molecule has 2 aliphatic heterocycles. The van der Waals surface area contributed by atoms with Crippen molar-refractivity contribution < 1.29 is 23.9 Å². The van der Waals surface area contributed by atoms with Crippen molar-refractivity contribution in [2.75, 3.05) is 58.4 Å². The number of methoxy groups -OCH3 is 2. The summed E-state index contributed by atoms with van der Waals surface area (Å²) < 4.78 is 9.76. The van der Waals surface area contributed by atoms with Gasteiger partial charge in [0.25, 0.3) is 0 Å². The van der Waals surface area contributed by atoms with Gasteiger partial charge in [0.2, 0.25) is 5.91 Å². The lowest BCUT2D eigenvalue weighted by molar-refractivity contribution is -0.156. The Morgan fingerprint density at radius 3 is 1.93 bits per heavy atom. The highest BCUT2D eigenvalue weighted by Gasteiger charge is 2.42. The van der Waals surface area contributed by atoms with Crippen LogP contribution >= 0.6 is 0 Å². The zero-order valence-corrected chi connectivity index (χ0v) is 27.5. The molecule has 2 heterocycles. The zero-order valence-electron chi connectivity index (χ0n) is 27.5. The summed E-state index contributed by atoms with van der Waals surface area (Å²) in [5.74, 6) is -0.146. The fraction of sp³-hybridized carbons (Fsp3) is 0.556. The largest absolute Gasteiger partial charge is 0.469 e. The number of carbonyl (C=O) groups excluding carboxylic acids is 3. The molecule has 45 heavy (non-hydrogen) atoms. The molecule has 2 aromatic rings. The predicted molar refractivity (Wildman–Crippen MR) is 175 cm³/mol. The summed E-state index contributed by atoms with van der Waals surface area (Å²) in [6.45, 7) is 9.09. The van der Waals surface area contributed by atoms with Crippen molar-refractivity contribution in [2.24, 2.45) is 5.41 Å². The third-order valence-electron chi connectivity index (χ3n) is 9.26. The molecule has 2 fully saturated rings. The maximum atomic E-state index is 12.5. The van der Waals surface area contributed by atoms with Gasteiger partial charge in [-0.1, -0.05) is 55.5 Å². The quantitative estimate of drug-likeness (QED) is 0.315. The lowest BCUT2D eigenvalue weighted by Gasteiger charge is -2.46. The van der Waals surface area contributed by atoms with Crippen molar-refractivity contribution in [3.8, 4) is 6.07 Å². The Morgan fingerprint density at radius 2 is 1.40 bits per heavy atom. The van der Waals surface area contributed by atoms with E-state index in [9.17, 15) is 14.4 Å².